The molecule has 1 aliphatic heterocycles. The fraction of sp³-hybridized carbons (Fsp3) is 0.364. The van der Waals surface area contributed by atoms with Crippen molar-refractivity contribution in [3.05, 3.63) is 48.0 Å². The Hall–Kier alpha value is -1.58. The number of rotatable bonds is 2. The highest BCUT2D eigenvalue weighted by Gasteiger charge is 2.49. The number of benzene rings is 2. The summed E-state index contributed by atoms with van der Waals surface area (Å²) in [6, 6.07) is 13.6. The molecule has 4 rings (SSSR count). The minimum absolute atomic E-state index is 0.0948. The van der Waals surface area contributed by atoms with Crippen molar-refractivity contribution < 1.29 is 4.65 Å². The van der Waals surface area contributed by atoms with Gasteiger partial charge in [-0.15, -0.1) is 11.3 Å². The van der Waals surface area contributed by atoms with Crippen LogP contribution in [0.1, 0.15) is 40.2 Å². The predicted octanol–water partition coefficient (Wildman–Crippen LogP) is 6.12. The summed E-state index contributed by atoms with van der Waals surface area (Å²) in [7, 11) is 0. The van der Waals surface area contributed by atoms with Crippen molar-refractivity contribution in [2.75, 3.05) is 0 Å². The minimum Gasteiger partial charge on any atom is -0.426 e. The highest BCUT2D eigenvalue weighted by molar-refractivity contribution is 7.25. The summed E-state index contributed by atoms with van der Waals surface area (Å²) in [6.45, 7) is 11.3. The van der Waals surface area contributed by atoms with Gasteiger partial charge in [0.25, 0.3) is 0 Å². The van der Waals surface area contributed by atoms with Gasteiger partial charge in [-0.2, -0.15) is 0 Å². The third kappa shape index (κ3) is 2.74. The van der Waals surface area contributed by atoms with Crippen molar-refractivity contribution in [2.24, 2.45) is 5.41 Å². The highest BCUT2D eigenvalue weighted by Crippen LogP contribution is 2.45. The van der Waals surface area contributed by atoms with Crippen molar-refractivity contribution in [1.29, 1.82) is 0 Å². The van der Waals surface area contributed by atoms with Crippen LogP contribution in [0, 0.1) is 5.41 Å². The Kier molecular flexibility index (Phi) is 3.86. The van der Waals surface area contributed by atoms with E-state index < -0.39 is 0 Å². The molecule has 1 nitrogen and oxygen atoms in total. The molecule has 3 aromatic rings. The van der Waals surface area contributed by atoms with Crippen molar-refractivity contribution >= 4 is 50.0 Å². The fourth-order valence-corrected chi connectivity index (χ4v) is 4.83. The predicted molar refractivity (Wildman–Crippen MR) is 113 cm³/mol. The van der Waals surface area contributed by atoms with Gasteiger partial charge in [0, 0.05) is 14.8 Å². The molecule has 1 aromatic heterocycles. The molecule has 3 heteroatoms. The molecule has 0 aliphatic carbocycles. The van der Waals surface area contributed by atoms with Gasteiger partial charge in [-0.1, -0.05) is 44.2 Å². The van der Waals surface area contributed by atoms with Crippen LogP contribution in [0.2, 0.25) is 6.32 Å². The minimum atomic E-state index is -0.0948. The molecule has 0 saturated carbocycles. The number of thiophene rings is 1. The largest absolute Gasteiger partial charge is 0.426 e. The van der Waals surface area contributed by atoms with Gasteiger partial charge in [-0.25, -0.2) is 0 Å². The first-order valence-electron chi connectivity index (χ1n) is 9.07. The Labute approximate surface area is 154 Å². The van der Waals surface area contributed by atoms with Gasteiger partial charge in [-0.05, 0) is 67.1 Å². The van der Waals surface area contributed by atoms with Crippen LogP contribution in [-0.4, -0.2) is 12.5 Å². The van der Waals surface area contributed by atoms with E-state index in [4.69, 9.17) is 4.65 Å². The van der Waals surface area contributed by atoms with E-state index in [9.17, 15) is 0 Å². The molecule has 0 unspecified atom stereocenters. The zero-order chi connectivity index (χ0) is 17.8. The summed E-state index contributed by atoms with van der Waals surface area (Å²) < 4.78 is 9.15. The smallest absolute Gasteiger partial charge is 0.327 e. The van der Waals surface area contributed by atoms with Gasteiger partial charge in [0.1, 0.15) is 0 Å². The number of allylic oxidation sites excluding steroid dienone is 1. The van der Waals surface area contributed by atoms with Crippen LogP contribution in [0.3, 0.4) is 0 Å². The van der Waals surface area contributed by atoms with Crippen molar-refractivity contribution in [1.82, 2.24) is 0 Å². The standard InChI is InChI=1S/C22H25BOS/c1-6-7-15-8-10-19-17(12-15)18-13-16(9-11-20(18)25-19)23-14-21(2,3)22(4,5)24-23/h6-13H,14H2,1-5H3/b7-6+. The van der Waals surface area contributed by atoms with Gasteiger partial charge >= 0.3 is 6.92 Å². The van der Waals surface area contributed by atoms with Gasteiger partial charge in [0.15, 0.2) is 0 Å². The van der Waals surface area contributed by atoms with E-state index in [0.717, 1.165) is 6.32 Å². The SMILES string of the molecule is C/C=C/c1ccc2sc3ccc(B4CC(C)(C)C(C)(C)O4)cc3c2c1. The monoisotopic (exact) mass is 348 g/mol. The van der Waals surface area contributed by atoms with Gasteiger partial charge < -0.3 is 4.65 Å². The molecule has 2 heterocycles. The van der Waals surface area contributed by atoms with Crippen LogP contribution in [0.15, 0.2) is 42.5 Å². The van der Waals surface area contributed by atoms with E-state index >= 15 is 0 Å². The summed E-state index contributed by atoms with van der Waals surface area (Å²) in [5.41, 5.74) is 2.66. The number of hydrogen-bond donors (Lipinski definition) is 0. The fourth-order valence-electron chi connectivity index (χ4n) is 3.76. The summed E-state index contributed by atoms with van der Waals surface area (Å²) in [4.78, 5) is 0. The lowest BCUT2D eigenvalue weighted by atomic mass is 9.54. The molecule has 0 bridgehead atoms. The van der Waals surface area contributed by atoms with Crippen molar-refractivity contribution in [3.8, 4) is 0 Å². The molecular formula is C22H25BOS. The van der Waals surface area contributed by atoms with E-state index in [1.165, 1.54) is 31.2 Å². The van der Waals surface area contributed by atoms with E-state index in [-0.39, 0.29) is 17.9 Å². The van der Waals surface area contributed by atoms with E-state index in [1.54, 1.807) is 0 Å². The molecule has 2 aromatic carbocycles. The molecule has 0 amide bonds. The molecule has 128 valence electrons. The Morgan fingerprint density at radius 3 is 2.32 bits per heavy atom. The van der Waals surface area contributed by atoms with E-state index in [1.807, 2.05) is 11.3 Å². The first kappa shape index (κ1) is 16.9. The maximum atomic E-state index is 6.44. The number of hydrogen-bond acceptors (Lipinski definition) is 2. The van der Waals surface area contributed by atoms with Crippen molar-refractivity contribution in [3.63, 3.8) is 0 Å². The van der Waals surface area contributed by atoms with Crippen LogP contribution >= 0.6 is 11.3 Å². The average molecular weight is 348 g/mol. The first-order valence-corrected chi connectivity index (χ1v) is 9.89. The molecule has 0 radical (unpaired) electrons. The lowest BCUT2D eigenvalue weighted by Gasteiger charge is -2.34. The van der Waals surface area contributed by atoms with Crippen molar-refractivity contribution in [2.45, 2.75) is 46.5 Å². The third-order valence-electron chi connectivity index (χ3n) is 6.01. The van der Waals surface area contributed by atoms with Crippen LogP contribution in [-0.2, 0) is 4.65 Å². The molecule has 1 fully saturated rings. The lowest BCUT2D eigenvalue weighted by molar-refractivity contribution is 0.0375. The van der Waals surface area contributed by atoms with Crippen LogP contribution < -0.4 is 5.46 Å². The van der Waals surface area contributed by atoms with E-state index in [2.05, 4.69) is 83.2 Å². The maximum absolute atomic E-state index is 6.44. The Morgan fingerprint density at radius 1 is 1.00 bits per heavy atom. The Bertz CT molecular complexity index is 964. The molecular weight excluding hydrogens is 323 g/mol. The summed E-state index contributed by atoms with van der Waals surface area (Å²) in [6.07, 6.45) is 5.33. The normalized spacial score (nSPS) is 19.5. The zero-order valence-electron chi connectivity index (χ0n) is 15.7. The molecule has 1 saturated heterocycles. The molecule has 1 aliphatic rings. The average Bonchev–Trinajstić information content (AvgIpc) is 3.01. The Balaban J connectivity index is 1.82. The Morgan fingerprint density at radius 2 is 1.68 bits per heavy atom. The van der Waals surface area contributed by atoms with E-state index in [0.29, 0.717) is 0 Å². The summed E-state index contributed by atoms with van der Waals surface area (Å²) in [5.74, 6) is 0. The topological polar surface area (TPSA) is 9.23 Å². The second kappa shape index (κ2) is 5.72. The lowest BCUT2D eigenvalue weighted by Crippen LogP contribution is -2.36. The molecule has 0 spiro atoms. The van der Waals surface area contributed by atoms with Crippen LogP contribution in [0.4, 0.5) is 0 Å². The van der Waals surface area contributed by atoms with Crippen LogP contribution in [0.25, 0.3) is 26.2 Å². The van der Waals surface area contributed by atoms with Gasteiger partial charge in [0.05, 0.1) is 5.60 Å². The molecule has 0 N–H and O–H groups in total. The second-order valence-electron chi connectivity index (χ2n) is 8.32. The zero-order valence-corrected chi connectivity index (χ0v) is 16.5. The first-order chi connectivity index (χ1) is 11.8. The third-order valence-corrected chi connectivity index (χ3v) is 7.16. The second-order valence-corrected chi connectivity index (χ2v) is 9.40. The van der Waals surface area contributed by atoms with Crippen LogP contribution in [0.5, 0.6) is 0 Å². The van der Waals surface area contributed by atoms with Gasteiger partial charge in [-0.3, -0.25) is 0 Å². The molecule has 25 heavy (non-hydrogen) atoms. The summed E-state index contributed by atoms with van der Waals surface area (Å²) >= 11 is 1.87. The van der Waals surface area contributed by atoms with Gasteiger partial charge in [0.2, 0.25) is 0 Å². The number of fused-ring (bicyclic) bond motifs is 3. The quantitative estimate of drug-likeness (QED) is 0.507. The molecule has 0 atom stereocenters. The summed E-state index contributed by atoms with van der Waals surface area (Å²) in [5, 5.41) is 2.71. The highest BCUT2D eigenvalue weighted by atomic mass is 32.1. The maximum Gasteiger partial charge on any atom is 0.327 e.